The molecule has 2 nitrogen and oxygen atoms in total. The summed E-state index contributed by atoms with van der Waals surface area (Å²) in [5.74, 6) is 0. The van der Waals surface area contributed by atoms with Crippen molar-refractivity contribution in [2.45, 2.75) is 0 Å². The number of halogens is 1. The standard InChI is InChI=1S/C7H3ClNO/c8-6-1-2-7-5(3-6)4-9-10-7/h1-3H. The van der Waals surface area contributed by atoms with Crippen molar-refractivity contribution in [3.8, 4) is 0 Å². The van der Waals surface area contributed by atoms with Gasteiger partial charge in [-0.25, -0.2) is 0 Å². The second kappa shape index (κ2) is 1.99. The van der Waals surface area contributed by atoms with Gasteiger partial charge in [0.1, 0.15) is 6.20 Å². The minimum atomic E-state index is 0.673. The quantitative estimate of drug-likeness (QED) is 0.579. The Morgan fingerprint density at radius 3 is 3.30 bits per heavy atom. The third-order valence-electron chi connectivity index (χ3n) is 1.25. The Labute approximate surface area is 62.4 Å². The monoisotopic (exact) mass is 152 g/mol. The molecule has 0 aliphatic rings. The number of hydrogen-bond acceptors (Lipinski definition) is 2. The molecule has 0 aliphatic carbocycles. The summed E-state index contributed by atoms with van der Waals surface area (Å²) in [6, 6.07) is 5.28. The predicted molar refractivity (Wildman–Crippen MR) is 37.9 cm³/mol. The minimum absolute atomic E-state index is 0.673. The number of fused-ring (bicyclic) bond motifs is 1. The fourth-order valence-electron chi connectivity index (χ4n) is 0.790. The molecule has 1 aromatic heterocycles. The molecule has 3 heteroatoms. The topological polar surface area (TPSA) is 26.0 Å². The van der Waals surface area contributed by atoms with Crippen LogP contribution in [-0.2, 0) is 0 Å². The van der Waals surface area contributed by atoms with E-state index >= 15 is 0 Å². The third-order valence-corrected chi connectivity index (χ3v) is 1.49. The van der Waals surface area contributed by atoms with Gasteiger partial charge in [-0.2, -0.15) is 0 Å². The lowest BCUT2D eigenvalue weighted by Crippen LogP contribution is -1.62. The van der Waals surface area contributed by atoms with E-state index in [1.807, 2.05) is 0 Å². The molecule has 10 heavy (non-hydrogen) atoms. The fourth-order valence-corrected chi connectivity index (χ4v) is 0.962. The minimum Gasteiger partial charge on any atom is -0.356 e. The third kappa shape index (κ3) is 0.772. The Morgan fingerprint density at radius 2 is 2.40 bits per heavy atom. The van der Waals surface area contributed by atoms with E-state index in [1.165, 1.54) is 0 Å². The van der Waals surface area contributed by atoms with Crippen molar-refractivity contribution in [1.29, 1.82) is 0 Å². The van der Waals surface area contributed by atoms with Gasteiger partial charge in [-0.3, -0.25) is 0 Å². The van der Waals surface area contributed by atoms with Gasteiger partial charge in [-0.15, -0.1) is 0 Å². The highest BCUT2D eigenvalue weighted by Gasteiger charge is 1.97. The summed E-state index contributed by atoms with van der Waals surface area (Å²) in [7, 11) is 0. The number of nitrogens with zero attached hydrogens (tertiary/aromatic N) is 1. The van der Waals surface area contributed by atoms with E-state index < -0.39 is 0 Å². The fraction of sp³-hybridized carbons (Fsp3) is 0. The van der Waals surface area contributed by atoms with Crippen LogP contribution in [-0.4, -0.2) is 5.16 Å². The Morgan fingerprint density at radius 1 is 1.50 bits per heavy atom. The molecule has 0 aliphatic heterocycles. The second-order valence-electron chi connectivity index (χ2n) is 1.93. The molecule has 0 spiro atoms. The van der Waals surface area contributed by atoms with Crippen LogP contribution >= 0.6 is 11.6 Å². The maximum atomic E-state index is 5.69. The summed E-state index contributed by atoms with van der Waals surface area (Å²) in [6.07, 6.45) is 2.66. The van der Waals surface area contributed by atoms with Gasteiger partial charge in [0.05, 0.1) is 5.39 Å². The van der Waals surface area contributed by atoms with Gasteiger partial charge in [0.25, 0.3) is 0 Å². The average molecular weight is 153 g/mol. The highest BCUT2D eigenvalue weighted by molar-refractivity contribution is 6.31. The van der Waals surface area contributed by atoms with Gasteiger partial charge in [-0.05, 0) is 18.2 Å². The Hall–Kier alpha value is -1.02. The lowest BCUT2D eigenvalue weighted by molar-refractivity contribution is 0.454. The smallest absolute Gasteiger partial charge is 0.167 e. The van der Waals surface area contributed by atoms with Crippen LogP contribution in [0.5, 0.6) is 0 Å². The highest BCUT2D eigenvalue weighted by Crippen LogP contribution is 2.17. The van der Waals surface area contributed by atoms with Gasteiger partial charge in [0.15, 0.2) is 5.58 Å². The van der Waals surface area contributed by atoms with E-state index in [0.29, 0.717) is 10.6 Å². The summed E-state index contributed by atoms with van der Waals surface area (Å²) >= 11 is 5.69. The van der Waals surface area contributed by atoms with Crippen LogP contribution in [0.25, 0.3) is 11.0 Å². The van der Waals surface area contributed by atoms with Crippen LogP contribution in [0.1, 0.15) is 0 Å². The maximum Gasteiger partial charge on any atom is 0.167 e. The van der Waals surface area contributed by atoms with E-state index in [9.17, 15) is 0 Å². The summed E-state index contributed by atoms with van der Waals surface area (Å²) in [4.78, 5) is 0. The van der Waals surface area contributed by atoms with E-state index in [1.54, 1.807) is 18.2 Å². The average Bonchev–Trinajstić information content (AvgIpc) is 2.33. The van der Waals surface area contributed by atoms with Crippen LogP contribution in [0.15, 0.2) is 22.7 Å². The normalized spacial score (nSPS) is 10.5. The first-order chi connectivity index (χ1) is 4.86. The molecule has 2 aromatic rings. The zero-order valence-corrected chi connectivity index (χ0v) is 5.72. The van der Waals surface area contributed by atoms with Crippen molar-refractivity contribution in [3.63, 3.8) is 0 Å². The van der Waals surface area contributed by atoms with Gasteiger partial charge < -0.3 is 4.52 Å². The van der Waals surface area contributed by atoms with Gasteiger partial charge >= 0.3 is 0 Å². The number of rotatable bonds is 0. The van der Waals surface area contributed by atoms with Crippen molar-refractivity contribution in [2.75, 3.05) is 0 Å². The molecule has 2 rings (SSSR count). The largest absolute Gasteiger partial charge is 0.356 e. The van der Waals surface area contributed by atoms with Crippen LogP contribution in [0.3, 0.4) is 0 Å². The van der Waals surface area contributed by atoms with Crippen molar-refractivity contribution < 1.29 is 4.52 Å². The van der Waals surface area contributed by atoms with Gasteiger partial charge in [-0.1, -0.05) is 16.8 Å². The van der Waals surface area contributed by atoms with E-state index in [0.717, 1.165) is 5.39 Å². The number of hydrogen-bond donors (Lipinski definition) is 0. The van der Waals surface area contributed by atoms with Crippen LogP contribution < -0.4 is 0 Å². The molecule has 1 aromatic carbocycles. The molecule has 0 fully saturated rings. The summed E-state index contributed by atoms with van der Waals surface area (Å²) in [5.41, 5.74) is 0.712. The van der Waals surface area contributed by atoms with Crippen molar-refractivity contribution >= 4 is 22.6 Å². The summed E-state index contributed by atoms with van der Waals surface area (Å²) in [6.45, 7) is 0. The molecule has 0 unspecified atom stereocenters. The Bertz CT molecular complexity index is 355. The van der Waals surface area contributed by atoms with Crippen LogP contribution in [0.4, 0.5) is 0 Å². The molecule has 49 valence electrons. The summed E-state index contributed by atoms with van der Waals surface area (Å²) < 4.78 is 4.81. The molecule has 0 N–H and O–H groups in total. The van der Waals surface area contributed by atoms with Crippen molar-refractivity contribution in [3.05, 3.63) is 29.4 Å². The number of aromatic nitrogens is 1. The molecule has 0 bridgehead atoms. The first-order valence-corrected chi connectivity index (χ1v) is 3.17. The van der Waals surface area contributed by atoms with Crippen LogP contribution in [0, 0.1) is 6.20 Å². The second-order valence-corrected chi connectivity index (χ2v) is 2.37. The SMILES string of the molecule is Clc1ccc2on[c]c2c1. The molecule has 0 amide bonds. The molecule has 1 radical (unpaired) electrons. The van der Waals surface area contributed by atoms with Crippen molar-refractivity contribution in [1.82, 2.24) is 5.16 Å². The Kier molecular flexibility index (Phi) is 1.14. The first-order valence-electron chi connectivity index (χ1n) is 2.79. The zero-order valence-electron chi connectivity index (χ0n) is 4.97. The first kappa shape index (κ1) is 5.74. The molecule has 0 atom stereocenters. The lowest BCUT2D eigenvalue weighted by Gasteiger charge is -1.85. The van der Waals surface area contributed by atoms with Gasteiger partial charge in [0, 0.05) is 5.02 Å². The van der Waals surface area contributed by atoms with Crippen molar-refractivity contribution in [2.24, 2.45) is 0 Å². The van der Waals surface area contributed by atoms with E-state index in [4.69, 9.17) is 16.1 Å². The summed E-state index contributed by atoms with van der Waals surface area (Å²) in [5, 5.41) is 4.97. The van der Waals surface area contributed by atoms with Crippen LogP contribution in [0.2, 0.25) is 5.02 Å². The molecular formula is C7H3ClNO. The lowest BCUT2D eigenvalue weighted by atomic mass is 10.3. The predicted octanol–water partition coefficient (Wildman–Crippen LogP) is 2.28. The zero-order chi connectivity index (χ0) is 6.97. The maximum absolute atomic E-state index is 5.69. The van der Waals surface area contributed by atoms with E-state index in [2.05, 4.69) is 11.4 Å². The van der Waals surface area contributed by atoms with E-state index in [-0.39, 0.29) is 0 Å². The molecular weight excluding hydrogens is 150 g/mol. The molecule has 0 saturated heterocycles. The highest BCUT2D eigenvalue weighted by atomic mass is 35.5. The van der Waals surface area contributed by atoms with Gasteiger partial charge in [0.2, 0.25) is 0 Å². The Balaban J connectivity index is 2.86. The molecule has 1 heterocycles. The molecule has 0 saturated carbocycles. The number of benzene rings is 1.